The van der Waals surface area contributed by atoms with Crippen LogP contribution in [0.2, 0.25) is 0 Å². The van der Waals surface area contributed by atoms with E-state index in [1.54, 1.807) is 26.2 Å². The lowest BCUT2D eigenvalue weighted by Crippen LogP contribution is -2.27. The van der Waals surface area contributed by atoms with Crippen LogP contribution >= 0.6 is 11.6 Å². The summed E-state index contributed by atoms with van der Waals surface area (Å²) in [6.45, 7) is 2.61. The van der Waals surface area contributed by atoms with Gasteiger partial charge in [-0.25, -0.2) is 0 Å². The number of benzene rings is 3. The monoisotopic (exact) mass is 525 g/mol. The molecule has 196 valence electrons. The Bertz CT molecular complexity index is 1200. The molecule has 3 aromatic carbocycles. The zero-order valence-corrected chi connectivity index (χ0v) is 22.1. The first-order valence-corrected chi connectivity index (χ1v) is 12.6. The summed E-state index contributed by atoms with van der Waals surface area (Å²) in [5, 5.41) is 2.94. The summed E-state index contributed by atoms with van der Waals surface area (Å²) in [5.41, 5.74) is 3.41. The minimum atomic E-state index is -0.378. The molecule has 0 radical (unpaired) electrons. The molecule has 0 aliphatic carbocycles. The molecule has 37 heavy (non-hydrogen) atoms. The highest BCUT2D eigenvalue weighted by atomic mass is 35.5. The Labute approximate surface area is 222 Å². The van der Waals surface area contributed by atoms with Crippen molar-refractivity contribution in [1.29, 1.82) is 0 Å². The molecule has 0 fully saturated rings. The largest absolute Gasteiger partial charge is 0.493 e. The Hall–Kier alpha value is -3.71. The van der Waals surface area contributed by atoms with Gasteiger partial charge in [-0.05, 0) is 41.3 Å². The molecule has 0 saturated carbocycles. The van der Waals surface area contributed by atoms with Gasteiger partial charge in [0.15, 0.2) is 23.0 Å². The second-order valence-electron chi connectivity index (χ2n) is 8.23. The summed E-state index contributed by atoms with van der Waals surface area (Å²) in [5.74, 6) is 1.54. The van der Waals surface area contributed by atoms with Gasteiger partial charge in [0.05, 0.1) is 26.5 Å². The van der Waals surface area contributed by atoms with Crippen LogP contribution in [-0.2, 0) is 34.9 Å². The first-order chi connectivity index (χ1) is 18.0. The highest BCUT2D eigenvalue weighted by Gasteiger charge is 2.18. The number of rotatable bonds is 13. The average Bonchev–Trinajstić information content (AvgIpc) is 2.93. The lowest BCUT2D eigenvalue weighted by molar-refractivity contribution is -0.134. The topological polar surface area (TPSA) is 83.1 Å². The van der Waals surface area contributed by atoms with Gasteiger partial charge in [0.25, 0.3) is 0 Å². The SMILES string of the molecule is CCC(=O)Oc1ccc(CC(=O)NCCc2ccc(OCc3ccccc3)c(OC)c2)c(CCl)c1OC. The van der Waals surface area contributed by atoms with Crippen LogP contribution in [0.1, 0.15) is 35.6 Å². The van der Waals surface area contributed by atoms with E-state index in [0.717, 1.165) is 11.1 Å². The molecule has 0 heterocycles. The number of esters is 1. The van der Waals surface area contributed by atoms with Gasteiger partial charge in [-0.2, -0.15) is 0 Å². The van der Waals surface area contributed by atoms with Crippen molar-refractivity contribution >= 4 is 23.5 Å². The van der Waals surface area contributed by atoms with Crippen molar-refractivity contribution in [3.63, 3.8) is 0 Å². The third-order valence-electron chi connectivity index (χ3n) is 5.72. The number of hydrogen-bond acceptors (Lipinski definition) is 6. The van der Waals surface area contributed by atoms with E-state index in [2.05, 4.69) is 5.32 Å². The second-order valence-corrected chi connectivity index (χ2v) is 8.50. The lowest BCUT2D eigenvalue weighted by Gasteiger charge is -2.16. The van der Waals surface area contributed by atoms with Crippen LogP contribution in [0.25, 0.3) is 0 Å². The van der Waals surface area contributed by atoms with Crippen molar-refractivity contribution in [2.24, 2.45) is 0 Å². The third-order valence-corrected chi connectivity index (χ3v) is 5.99. The van der Waals surface area contributed by atoms with Gasteiger partial charge in [0, 0.05) is 18.5 Å². The fourth-order valence-electron chi connectivity index (χ4n) is 3.76. The van der Waals surface area contributed by atoms with Gasteiger partial charge in [-0.15, -0.1) is 11.6 Å². The van der Waals surface area contributed by atoms with Crippen LogP contribution in [0.3, 0.4) is 0 Å². The molecule has 0 bridgehead atoms. The predicted octanol–water partition coefficient (Wildman–Crippen LogP) is 5.24. The molecule has 3 aromatic rings. The maximum atomic E-state index is 12.7. The Morgan fingerprint density at radius 1 is 0.892 bits per heavy atom. The number of alkyl halides is 1. The number of nitrogens with one attached hydrogen (secondary N) is 1. The van der Waals surface area contributed by atoms with E-state index in [0.29, 0.717) is 53.7 Å². The molecule has 0 saturated heterocycles. The third kappa shape index (κ3) is 7.89. The van der Waals surface area contributed by atoms with E-state index >= 15 is 0 Å². The number of amides is 1. The smallest absolute Gasteiger partial charge is 0.311 e. The standard InChI is InChI=1S/C29H32ClNO6/c1-4-28(33)37-25-13-11-22(23(18-30)29(25)35-3)17-27(32)31-15-14-20-10-12-24(26(16-20)34-2)36-19-21-8-6-5-7-9-21/h5-13,16H,4,14-15,17-19H2,1-3H3,(H,31,32). The van der Waals surface area contributed by atoms with Crippen molar-refractivity contribution in [2.75, 3.05) is 20.8 Å². The van der Waals surface area contributed by atoms with Gasteiger partial charge >= 0.3 is 5.97 Å². The van der Waals surface area contributed by atoms with E-state index < -0.39 is 0 Å². The minimum Gasteiger partial charge on any atom is -0.493 e. The van der Waals surface area contributed by atoms with Gasteiger partial charge in [-0.3, -0.25) is 9.59 Å². The highest BCUT2D eigenvalue weighted by molar-refractivity contribution is 6.17. The molecule has 3 rings (SSSR count). The Morgan fingerprint density at radius 3 is 2.32 bits per heavy atom. The first-order valence-electron chi connectivity index (χ1n) is 12.0. The number of carbonyl (C=O) groups is 2. The number of carbonyl (C=O) groups excluding carboxylic acids is 2. The fraction of sp³-hybridized carbons (Fsp3) is 0.310. The number of methoxy groups -OCH3 is 2. The van der Waals surface area contributed by atoms with Gasteiger partial charge in [0.1, 0.15) is 6.61 Å². The molecule has 0 aliphatic heterocycles. The van der Waals surface area contributed by atoms with Gasteiger partial charge < -0.3 is 24.3 Å². The maximum Gasteiger partial charge on any atom is 0.311 e. The Morgan fingerprint density at radius 2 is 1.65 bits per heavy atom. The summed E-state index contributed by atoms with van der Waals surface area (Å²) in [7, 11) is 3.08. The zero-order chi connectivity index (χ0) is 26.6. The molecule has 1 amide bonds. The van der Waals surface area contributed by atoms with Crippen LogP contribution in [0.5, 0.6) is 23.0 Å². The van der Waals surface area contributed by atoms with Crippen LogP contribution in [0.4, 0.5) is 0 Å². The number of halogens is 1. The van der Waals surface area contributed by atoms with Crippen LogP contribution in [0.15, 0.2) is 60.7 Å². The van der Waals surface area contributed by atoms with Crippen molar-refractivity contribution < 1.29 is 28.5 Å². The van der Waals surface area contributed by atoms with Crippen molar-refractivity contribution in [3.8, 4) is 23.0 Å². The van der Waals surface area contributed by atoms with Crippen molar-refractivity contribution in [3.05, 3.63) is 82.9 Å². The lowest BCUT2D eigenvalue weighted by atomic mass is 10.0. The molecule has 0 aliphatic rings. The van der Waals surface area contributed by atoms with Gasteiger partial charge in [-0.1, -0.05) is 49.4 Å². The normalized spacial score (nSPS) is 10.5. The maximum absolute atomic E-state index is 12.7. The summed E-state index contributed by atoms with van der Waals surface area (Å²) in [6, 6.07) is 19.0. The van der Waals surface area contributed by atoms with E-state index in [-0.39, 0.29) is 30.6 Å². The molecular weight excluding hydrogens is 494 g/mol. The van der Waals surface area contributed by atoms with Crippen LogP contribution in [0, 0.1) is 0 Å². The van der Waals surface area contributed by atoms with E-state index in [4.69, 9.17) is 30.5 Å². The van der Waals surface area contributed by atoms with Crippen LogP contribution in [-0.4, -0.2) is 32.6 Å². The molecule has 0 aromatic heterocycles. The summed E-state index contributed by atoms with van der Waals surface area (Å²) < 4.78 is 22.2. The van der Waals surface area contributed by atoms with Crippen LogP contribution < -0.4 is 24.3 Å². The summed E-state index contributed by atoms with van der Waals surface area (Å²) >= 11 is 6.15. The molecule has 0 unspecified atom stereocenters. The minimum absolute atomic E-state index is 0.113. The zero-order valence-electron chi connectivity index (χ0n) is 21.3. The molecule has 8 heteroatoms. The molecule has 1 N–H and O–H groups in total. The van der Waals surface area contributed by atoms with E-state index in [1.165, 1.54) is 7.11 Å². The molecule has 0 atom stereocenters. The molecule has 0 spiro atoms. The van der Waals surface area contributed by atoms with Crippen molar-refractivity contribution in [1.82, 2.24) is 5.32 Å². The first kappa shape index (κ1) is 27.9. The van der Waals surface area contributed by atoms with Gasteiger partial charge in [0.2, 0.25) is 5.91 Å². The van der Waals surface area contributed by atoms with E-state index in [9.17, 15) is 9.59 Å². The molecular formula is C29H32ClNO6. The summed E-state index contributed by atoms with van der Waals surface area (Å²) in [6.07, 6.45) is 0.980. The fourth-order valence-corrected chi connectivity index (χ4v) is 4.06. The Balaban J connectivity index is 1.57. The quantitative estimate of drug-likeness (QED) is 0.187. The number of hydrogen-bond donors (Lipinski definition) is 1. The Kier molecular flexibility index (Phi) is 10.6. The summed E-state index contributed by atoms with van der Waals surface area (Å²) in [4.78, 5) is 24.4. The van der Waals surface area contributed by atoms with E-state index in [1.807, 2.05) is 48.5 Å². The average molecular weight is 526 g/mol. The van der Waals surface area contributed by atoms with Crippen molar-refractivity contribution in [2.45, 2.75) is 38.7 Å². The molecule has 7 nitrogen and oxygen atoms in total. The number of ether oxygens (including phenoxy) is 4. The highest BCUT2D eigenvalue weighted by Crippen LogP contribution is 2.35. The second kappa shape index (κ2) is 14.1. The predicted molar refractivity (Wildman–Crippen MR) is 143 cm³/mol.